The number of nitrogens with zero attached hydrogens (tertiary/aromatic N) is 1. The highest BCUT2D eigenvalue weighted by molar-refractivity contribution is 5.94. The van der Waals surface area contributed by atoms with Crippen LogP contribution in [0.2, 0.25) is 0 Å². The molecule has 2 N–H and O–H groups in total. The summed E-state index contributed by atoms with van der Waals surface area (Å²) in [5.74, 6) is 0.136. The minimum absolute atomic E-state index is 0.0497. The first-order valence-electron chi connectivity index (χ1n) is 7.15. The van der Waals surface area contributed by atoms with E-state index < -0.39 is 10.5 Å². The predicted octanol–water partition coefficient (Wildman–Crippen LogP) is 2.27. The van der Waals surface area contributed by atoms with Gasteiger partial charge < -0.3 is 10.4 Å². The number of nitro benzene ring substituents is 1. The third-order valence-electron chi connectivity index (χ3n) is 3.99. The highest BCUT2D eigenvalue weighted by Crippen LogP contribution is 2.31. The molecule has 6 heteroatoms. The van der Waals surface area contributed by atoms with Crippen LogP contribution in [0.5, 0.6) is 0 Å². The van der Waals surface area contributed by atoms with E-state index in [-0.39, 0.29) is 18.1 Å². The van der Waals surface area contributed by atoms with Crippen LogP contribution < -0.4 is 5.32 Å². The van der Waals surface area contributed by atoms with Crippen LogP contribution in [0.4, 0.5) is 5.69 Å². The van der Waals surface area contributed by atoms with Gasteiger partial charge in [-0.2, -0.15) is 0 Å². The Hall–Kier alpha value is -1.95. The molecule has 21 heavy (non-hydrogen) atoms. The van der Waals surface area contributed by atoms with Gasteiger partial charge in [0.15, 0.2) is 0 Å². The quantitative estimate of drug-likeness (QED) is 0.657. The molecule has 0 aromatic heterocycles. The van der Waals surface area contributed by atoms with Gasteiger partial charge in [-0.1, -0.05) is 19.8 Å². The van der Waals surface area contributed by atoms with Crippen molar-refractivity contribution in [1.29, 1.82) is 0 Å². The van der Waals surface area contributed by atoms with E-state index in [1.807, 2.05) is 0 Å². The Kier molecular flexibility index (Phi) is 4.57. The van der Waals surface area contributed by atoms with Gasteiger partial charge in [-0.25, -0.2) is 0 Å². The highest BCUT2D eigenvalue weighted by atomic mass is 16.6. The lowest BCUT2D eigenvalue weighted by atomic mass is 9.79. The number of nitrogens with one attached hydrogen (secondary N) is 1. The summed E-state index contributed by atoms with van der Waals surface area (Å²) in [5.41, 5.74) is -0.534. The summed E-state index contributed by atoms with van der Waals surface area (Å²) in [4.78, 5) is 22.1. The Morgan fingerprint density at radius 1 is 1.48 bits per heavy atom. The van der Waals surface area contributed by atoms with Crippen molar-refractivity contribution in [2.75, 3.05) is 6.54 Å². The number of benzene rings is 1. The molecule has 1 aliphatic rings. The van der Waals surface area contributed by atoms with Crippen molar-refractivity contribution >= 4 is 11.6 Å². The van der Waals surface area contributed by atoms with Crippen molar-refractivity contribution in [2.24, 2.45) is 5.92 Å². The van der Waals surface area contributed by atoms with Gasteiger partial charge in [-0.15, -0.1) is 0 Å². The van der Waals surface area contributed by atoms with Gasteiger partial charge in [0.2, 0.25) is 0 Å². The molecule has 0 saturated heterocycles. The Morgan fingerprint density at radius 3 is 2.71 bits per heavy atom. The Morgan fingerprint density at radius 2 is 2.14 bits per heavy atom. The van der Waals surface area contributed by atoms with E-state index in [4.69, 9.17) is 0 Å². The molecule has 1 aromatic rings. The number of hydrogen-bond acceptors (Lipinski definition) is 4. The zero-order chi connectivity index (χ0) is 15.5. The number of rotatable bonds is 4. The van der Waals surface area contributed by atoms with Gasteiger partial charge in [-0.3, -0.25) is 14.9 Å². The monoisotopic (exact) mass is 292 g/mol. The first kappa shape index (κ1) is 15.4. The van der Waals surface area contributed by atoms with Crippen LogP contribution in [0.3, 0.4) is 0 Å². The van der Waals surface area contributed by atoms with E-state index >= 15 is 0 Å². The summed E-state index contributed by atoms with van der Waals surface area (Å²) >= 11 is 0. The zero-order valence-corrected chi connectivity index (χ0v) is 12.0. The van der Waals surface area contributed by atoms with Crippen molar-refractivity contribution in [3.63, 3.8) is 0 Å². The number of carbonyl (C=O) groups excluding carboxylic acids is 1. The molecule has 0 radical (unpaired) electrons. The molecule has 2 atom stereocenters. The van der Waals surface area contributed by atoms with Gasteiger partial charge in [0, 0.05) is 24.2 Å². The lowest BCUT2D eigenvalue weighted by Gasteiger charge is -2.35. The molecule has 6 nitrogen and oxygen atoms in total. The van der Waals surface area contributed by atoms with E-state index in [0.717, 1.165) is 12.8 Å². The lowest BCUT2D eigenvalue weighted by molar-refractivity contribution is -0.384. The molecule has 114 valence electrons. The van der Waals surface area contributed by atoms with Gasteiger partial charge in [0.05, 0.1) is 10.5 Å². The van der Waals surface area contributed by atoms with Gasteiger partial charge in [-0.05, 0) is 30.9 Å². The standard InChI is InChI=1S/C15H20N2O4/c1-11-3-2-8-15(19,9-11)10-16-14(18)12-4-6-13(7-5-12)17(20)21/h4-7,11,19H,2-3,8-10H2,1H3,(H,16,18). The number of non-ortho nitro benzene ring substituents is 1. The number of aliphatic hydroxyl groups is 1. The van der Waals surface area contributed by atoms with Crippen LogP contribution in [0.15, 0.2) is 24.3 Å². The molecule has 1 saturated carbocycles. The number of hydrogen-bond donors (Lipinski definition) is 2. The second-order valence-corrected chi connectivity index (χ2v) is 5.91. The van der Waals surface area contributed by atoms with Crippen LogP contribution in [0.25, 0.3) is 0 Å². The molecule has 2 unspecified atom stereocenters. The van der Waals surface area contributed by atoms with Crippen molar-refractivity contribution in [3.8, 4) is 0 Å². The molecule has 0 aliphatic heterocycles. The van der Waals surface area contributed by atoms with E-state index in [2.05, 4.69) is 12.2 Å². The molecule has 0 bridgehead atoms. The van der Waals surface area contributed by atoms with Crippen molar-refractivity contribution in [2.45, 2.75) is 38.2 Å². The van der Waals surface area contributed by atoms with Crippen molar-refractivity contribution in [1.82, 2.24) is 5.32 Å². The molecule has 1 fully saturated rings. The van der Waals surface area contributed by atoms with Gasteiger partial charge >= 0.3 is 0 Å². The Bertz CT molecular complexity index is 529. The molecule has 1 aliphatic carbocycles. The van der Waals surface area contributed by atoms with E-state index in [1.54, 1.807) is 0 Å². The third kappa shape index (κ3) is 4.01. The fourth-order valence-corrected chi connectivity index (χ4v) is 2.87. The predicted molar refractivity (Wildman–Crippen MR) is 78.0 cm³/mol. The first-order valence-corrected chi connectivity index (χ1v) is 7.15. The summed E-state index contributed by atoms with van der Waals surface area (Å²) in [7, 11) is 0. The normalized spacial score (nSPS) is 25.3. The van der Waals surface area contributed by atoms with Gasteiger partial charge in [0.1, 0.15) is 0 Å². The largest absolute Gasteiger partial charge is 0.388 e. The maximum absolute atomic E-state index is 12.0. The smallest absolute Gasteiger partial charge is 0.269 e. The third-order valence-corrected chi connectivity index (χ3v) is 3.99. The van der Waals surface area contributed by atoms with Crippen LogP contribution in [-0.2, 0) is 0 Å². The Balaban J connectivity index is 1.93. The van der Waals surface area contributed by atoms with Crippen molar-refractivity contribution in [3.05, 3.63) is 39.9 Å². The topological polar surface area (TPSA) is 92.5 Å². The van der Waals surface area contributed by atoms with Crippen LogP contribution in [-0.4, -0.2) is 28.1 Å². The second-order valence-electron chi connectivity index (χ2n) is 5.91. The summed E-state index contributed by atoms with van der Waals surface area (Å²) in [6, 6.07) is 5.43. The molecular weight excluding hydrogens is 272 g/mol. The summed E-state index contributed by atoms with van der Waals surface area (Å²) in [5, 5.41) is 23.7. The number of carbonyl (C=O) groups is 1. The van der Waals surface area contributed by atoms with E-state index in [1.165, 1.54) is 24.3 Å². The minimum Gasteiger partial charge on any atom is -0.388 e. The Labute approximate surface area is 123 Å². The average molecular weight is 292 g/mol. The van der Waals surface area contributed by atoms with E-state index in [0.29, 0.717) is 24.3 Å². The molecule has 1 amide bonds. The molecular formula is C15H20N2O4. The summed E-state index contributed by atoms with van der Waals surface area (Å²) in [6.07, 6.45) is 3.45. The van der Waals surface area contributed by atoms with Crippen LogP contribution >= 0.6 is 0 Å². The summed E-state index contributed by atoms with van der Waals surface area (Å²) in [6.45, 7) is 2.31. The maximum Gasteiger partial charge on any atom is 0.269 e. The highest BCUT2D eigenvalue weighted by Gasteiger charge is 2.32. The SMILES string of the molecule is CC1CCCC(O)(CNC(=O)c2ccc([N+](=O)[O-])cc2)C1. The van der Waals surface area contributed by atoms with E-state index in [9.17, 15) is 20.0 Å². The fourth-order valence-electron chi connectivity index (χ4n) is 2.87. The van der Waals surface area contributed by atoms with Crippen LogP contribution in [0, 0.1) is 16.0 Å². The first-order chi connectivity index (χ1) is 9.89. The number of amides is 1. The molecule has 2 rings (SSSR count). The number of nitro groups is 1. The van der Waals surface area contributed by atoms with Crippen molar-refractivity contribution < 1.29 is 14.8 Å². The average Bonchev–Trinajstić information content (AvgIpc) is 2.45. The second kappa shape index (κ2) is 6.22. The lowest BCUT2D eigenvalue weighted by Crippen LogP contribution is -2.45. The molecule has 0 spiro atoms. The van der Waals surface area contributed by atoms with Crippen LogP contribution in [0.1, 0.15) is 43.0 Å². The maximum atomic E-state index is 12.0. The minimum atomic E-state index is -0.839. The fraction of sp³-hybridized carbons (Fsp3) is 0.533. The zero-order valence-electron chi connectivity index (χ0n) is 12.0. The molecule has 1 aromatic carbocycles. The van der Waals surface area contributed by atoms with Gasteiger partial charge in [0.25, 0.3) is 11.6 Å². The summed E-state index contributed by atoms with van der Waals surface area (Å²) < 4.78 is 0. The molecule has 0 heterocycles.